The SMILES string of the molecule is Cc1c(C(F)F)sc2ccc(C(=O)O)cc12. The molecule has 0 saturated heterocycles. The first-order chi connectivity index (χ1) is 7.50. The van der Waals surface area contributed by atoms with Gasteiger partial charge in [0, 0.05) is 4.70 Å². The maximum absolute atomic E-state index is 12.6. The molecule has 2 nitrogen and oxygen atoms in total. The van der Waals surface area contributed by atoms with E-state index in [1.807, 2.05) is 0 Å². The fourth-order valence-electron chi connectivity index (χ4n) is 1.58. The first-order valence-electron chi connectivity index (χ1n) is 4.55. The molecule has 1 N–H and O–H groups in total. The molecule has 0 spiro atoms. The summed E-state index contributed by atoms with van der Waals surface area (Å²) in [6.45, 7) is 1.59. The number of carbonyl (C=O) groups is 1. The van der Waals surface area contributed by atoms with Crippen molar-refractivity contribution in [1.82, 2.24) is 0 Å². The van der Waals surface area contributed by atoms with E-state index in [0.29, 0.717) is 15.6 Å². The van der Waals surface area contributed by atoms with E-state index in [9.17, 15) is 13.6 Å². The zero-order valence-electron chi connectivity index (χ0n) is 8.33. The zero-order valence-corrected chi connectivity index (χ0v) is 9.15. The topological polar surface area (TPSA) is 37.3 Å². The number of alkyl halides is 2. The molecule has 2 rings (SSSR count). The van der Waals surface area contributed by atoms with E-state index in [4.69, 9.17) is 5.11 Å². The van der Waals surface area contributed by atoms with Crippen LogP contribution in [0.4, 0.5) is 8.78 Å². The van der Waals surface area contributed by atoms with Crippen LogP contribution in [0.3, 0.4) is 0 Å². The Morgan fingerprint density at radius 3 is 2.69 bits per heavy atom. The van der Waals surface area contributed by atoms with Gasteiger partial charge in [-0.1, -0.05) is 0 Å². The van der Waals surface area contributed by atoms with Crippen LogP contribution in [0.2, 0.25) is 0 Å². The smallest absolute Gasteiger partial charge is 0.335 e. The van der Waals surface area contributed by atoms with Crippen molar-refractivity contribution in [3.63, 3.8) is 0 Å². The molecular weight excluding hydrogens is 234 g/mol. The first kappa shape index (κ1) is 11.0. The second-order valence-corrected chi connectivity index (χ2v) is 4.49. The number of carboxylic acids is 1. The van der Waals surface area contributed by atoms with Crippen LogP contribution < -0.4 is 0 Å². The van der Waals surface area contributed by atoms with Crippen molar-refractivity contribution in [3.05, 3.63) is 34.2 Å². The number of hydrogen-bond acceptors (Lipinski definition) is 2. The van der Waals surface area contributed by atoms with Gasteiger partial charge in [-0.05, 0) is 36.1 Å². The highest BCUT2D eigenvalue weighted by atomic mass is 32.1. The summed E-state index contributed by atoms with van der Waals surface area (Å²) in [5, 5.41) is 9.40. The van der Waals surface area contributed by atoms with E-state index in [1.165, 1.54) is 12.1 Å². The van der Waals surface area contributed by atoms with E-state index in [-0.39, 0.29) is 10.4 Å². The fraction of sp³-hybridized carbons (Fsp3) is 0.182. The Kier molecular flexibility index (Phi) is 2.63. The van der Waals surface area contributed by atoms with Crippen molar-refractivity contribution in [3.8, 4) is 0 Å². The molecule has 5 heteroatoms. The average Bonchev–Trinajstić information content (AvgIpc) is 2.56. The van der Waals surface area contributed by atoms with E-state index in [1.54, 1.807) is 13.0 Å². The number of thiophene rings is 1. The molecule has 1 aromatic carbocycles. The van der Waals surface area contributed by atoms with Gasteiger partial charge in [-0.3, -0.25) is 0 Å². The normalized spacial score (nSPS) is 11.2. The lowest BCUT2D eigenvalue weighted by atomic mass is 10.1. The van der Waals surface area contributed by atoms with Gasteiger partial charge in [0.2, 0.25) is 0 Å². The Labute approximate surface area is 94.1 Å². The molecule has 1 aromatic heterocycles. The lowest BCUT2D eigenvalue weighted by Crippen LogP contribution is -1.94. The molecule has 0 bridgehead atoms. The minimum Gasteiger partial charge on any atom is -0.478 e. The number of aryl methyl sites for hydroxylation is 1. The molecule has 84 valence electrons. The number of hydrogen-bond donors (Lipinski definition) is 1. The summed E-state index contributed by atoms with van der Waals surface area (Å²) in [6.07, 6.45) is -2.51. The molecule has 0 saturated carbocycles. The van der Waals surface area contributed by atoms with Crippen LogP contribution in [-0.2, 0) is 0 Å². The third kappa shape index (κ3) is 1.67. The largest absolute Gasteiger partial charge is 0.478 e. The molecular formula is C11H8F2O2S. The van der Waals surface area contributed by atoms with Crippen LogP contribution in [0.5, 0.6) is 0 Å². The number of fused-ring (bicyclic) bond motifs is 1. The summed E-state index contributed by atoms with van der Waals surface area (Å²) in [5.74, 6) is -1.05. The van der Waals surface area contributed by atoms with Crippen LogP contribution >= 0.6 is 11.3 Å². The average molecular weight is 242 g/mol. The molecule has 16 heavy (non-hydrogen) atoms. The standard InChI is InChI=1S/C11H8F2O2S/c1-5-7-4-6(11(14)15)2-3-8(7)16-9(5)10(12)13/h2-4,10H,1H3,(H,14,15). The number of halogens is 2. The summed E-state index contributed by atoms with van der Waals surface area (Å²) >= 11 is 1.01. The fourth-order valence-corrected chi connectivity index (χ4v) is 2.63. The zero-order chi connectivity index (χ0) is 11.9. The second kappa shape index (κ2) is 3.83. The predicted molar refractivity (Wildman–Crippen MR) is 58.5 cm³/mol. The highest BCUT2D eigenvalue weighted by Crippen LogP contribution is 2.37. The van der Waals surface area contributed by atoms with E-state index < -0.39 is 12.4 Å². The van der Waals surface area contributed by atoms with Crippen molar-refractivity contribution >= 4 is 27.4 Å². The van der Waals surface area contributed by atoms with Gasteiger partial charge >= 0.3 is 5.97 Å². The van der Waals surface area contributed by atoms with Crippen LogP contribution in [-0.4, -0.2) is 11.1 Å². The molecule has 0 fully saturated rings. The van der Waals surface area contributed by atoms with Gasteiger partial charge in [0.1, 0.15) is 0 Å². The van der Waals surface area contributed by atoms with E-state index in [2.05, 4.69) is 0 Å². The Bertz CT molecular complexity index is 560. The minimum absolute atomic E-state index is 0.0116. The van der Waals surface area contributed by atoms with Crippen LogP contribution in [0.25, 0.3) is 10.1 Å². The number of rotatable bonds is 2. The van der Waals surface area contributed by atoms with Crippen LogP contribution in [0.1, 0.15) is 27.2 Å². The number of carboxylic acid groups (broad SMARTS) is 1. The molecule has 1 heterocycles. The number of benzene rings is 1. The minimum atomic E-state index is -2.51. The van der Waals surface area contributed by atoms with Crippen LogP contribution in [0, 0.1) is 6.92 Å². The molecule has 0 aliphatic rings. The first-order valence-corrected chi connectivity index (χ1v) is 5.37. The van der Waals surface area contributed by atoms with Gasteiger partial charge in [-0.25, -0.2) is 13.6 Å². The van der Waals surface area contributed by atoms with Gasteiger partial charge in [0.25, 0.3) is 6.43 Å². The molecule has 0 amide bonds. The number of aromatic carboxylic acids is 1. The predicted octanol–water partition coefficient (Wildman–Crippen LogP) is 3.85. The van der Waals surface area contributed by atoms with Gasteiger partial charge in [0.15, 0.2) is 0 Å². The Morgan fingerprint density at radius 2 is 2.12 bits per heavy atom. The van der Waals surface area contributed by atoms with Gasteiger partial charge in [-0.2, -0.15) is 0 Å². The Hall–Kier alpha value is -1.49. The monoisotopic (exact) mass is 242 g/mol. The Morgan fingerprint density at radius 1 is 1.44 bits per heavy atom. The van der Waals surface area contributed by atoms with Crippen molar-refractivity contribution in [2.24, 2.45) is 0 Å². The highest BCUT2D eigenvalue weighted by Gasteiger charge is 2.17. The quantitative estimate of drug-likeness (QED) is 0.868. The van der Waals surface area contributed by atoms with Crippen molar-refractivity contribution in [2.75, 3.05) is 0 Å². The third-order valence-corrected chi connectivity index (χ3v) is 3.70. The summed E-state index contributed by atoms with van der Waals surface area (Å²) in [5.41, 5.74) is 0.590. The van der Waals surface area contributed by atoms with Gasteiger partial charge < -0.3 is 5.11 Å². The molecule has 0 aliphatic carbocycles. The van der Waals surface area contributed by atoms with E-state index >= 15 is 0 Å². The van der Waals surface area contributed by atoms with Crippen molar-refractivity contribution < 1.29 is 18.7 Å². The molecule has 0 aliphatic heterocycles. The van der Waals surface area contributed by atoms with Gasteiger partial charge in [-0.15, -0.1) is 11.3 Å². The molecule has 0 radical (unpaired) electrons. The van der Waals surface area contributed by atoms with Gasteiger partial charge in [0.05, 0.1) is 10.4 Å². The molecule has 0 unspecified atom stereocenters. The third-order valence-electron chi connectivity index (χ3n) is 2.42. The van der Waals surface area contributed by atoms with E-state index in [0.717, 1.165) is 11.3 Å². The maximum Gasteiger partial charge on any atom is 0.335 e. The molecule has 0 atom stereocenters. The summed E-state index contributed by atoms with van der Waals surface area (Å²) in [6, 6.07) is 4.44. The summed E-state index contributed by atoms with van der Waals surface area (Å²) in [7, 11) is 0. The van der Waals surface area contributed by atoms with Crippen molar-refractivity contribution in [1.29, 1.82) is 0 Å². The lowest BCUT2D eigenvalue weighted by molar-refractivity contribution is 0.0697. The lowest BCUT2D eigenvalue weighted by Gasteiger charge is -1.97. The summed E-state index contributed by atoms with van der Waals surface area (Å²) in [4.78, 5) is 10.8. The Balaban J connectivity index is 2.69. The van der Waals surface area contributed by atoms with Crippen LogP contribution in [0.15, 0.2) is 18.2 Å². The highest BCUT2D eigenvalue weighted by molar-refractivity contribution is 7.19. The maximum atomic E-state index is 12.6. The second-order valence-electron chi connectivity index (χ2n) is 3.41. The molecule has 2 aromatic rings. The summed E-state index contributed by atoms with van der Waals surface area (Å²) < 4.78 is 25.9. The van der Waals surface area contributed by atoms with Crippen molar-refractivity contribution in [2.45, 2.75) is 13.3 Å².